The third-order valence-electron chi connectivity index (χ3n) is 8.20. The predicted octanol–water partition coefficient (Wildman–Crippen LogP) is 8.35. The number of hydrogen-bond donors (Lipinski definition) is 2. The summed E-state index contributed by atoms with van der Waals surface area (Å²) in [5.41, 5.74) is 8.07. The van der Waals surface area contributed by atoms with Gasteiger partial charge in [0.05, 0.1) is 15.7 Å². The SMILES string of the molecule is [2H]c1c([2H])c2c(c([2H])c1C1(N)C=CC3=C(c4ccccc4-c4ccccc4-c4ccccc43)C1N)C(C([2H])([2H])[2H])(C([2H])([2H])[2H])C([2H])([2H])C([2H])([2H])C2(C)C([2H])([2H])[2H]. The smallest absolute Gasteiger partial charge is 0.0795 e. The number of rotatable bonds is 1. The molecule has 0 spiro atoms. The highest BCUT2D eigenvalue weighted by Gasteiger charge is 2.43. The van der Waals surface area contributed by atoms with Crippen molar-refractivity contribution >= 4 is 11.1 Å². The summed E-state index contributed by atoms with van der Waals surface area (Å²) in [6.45, 7) is -10.8. The molecular weight excluding hydrogens is 484 g/mol. The van der Waals surface area contributed by atoms with E-state index in [1.54, 1.807) is 12.1 Å². The van der Waals surface area contributed by atoms with Crippen LogP contribution in [0.3, 0.4) is 0 Å². The lowest BCUT2D eigenvalue weighted by molar-refractivity contribution is 0.330. The van der Waals surface area contributed by atoms with Gasteiger partial charge in [-0.1, -0.05) is 131 Å². The maximum Gasteiger partial charge on any atom is 0.0795 e. The van der Waals surface area contributed by atoms with Crippen molar-refractivity contribution in [2.45, 2.75) is 62.6 Å². The van der Waals surface area contributed by atoms with Crippen molar-refractivity contribution in [2.75, 3.05) is 0 Å². The van der Waals surface area contributed by atoms with Gasteiger partial charge in [0.15, 0.2) is 0 Å². The van der Waals surface area contributed by atoms with E-state index in [4.69, 9.17) is 29.3 Å². The maximum atomic E-state index is 9.72. The summed E-state index contributed by atoms with van der Waals surface area (Å²) in [5, 5.41) is 0. The molecule has 200 valence electrons. The number of nitrogens with two attached hydrogens (primary N) is 2. The molecule has 0 amide bonds. The Bertz CT molecular complexity index is 2370. The normalized spacial score (nSPS) is 35.3. The van der Waals surface area contributed by atoms with Gasteiger partial charge in [0.25, 0.3) is 0 Å². The fourth-order valence-electron chi connectivity index (χ4n) is 6.09. The average molecular weight is 539 g/mol. The standard InChI is InChI=1S/C38H38N2/c1-36(2)21-22-37(3,4)33-23-24(17-18-32(33)36)38(40)20-19-31-29-15-8-7-13-27(29)25-11-5-6-12-26(25)28-14-9-10-16-30(28)34(31)35(38)39/h5-20,23,35H,21-22,39-40H2,1-4H3/i1D3,3D3,4D3,17D,18D,21D2,22D2,23D. The molecule has 4 aromatic carbocycles. The second kappa shape index (κ2) is 8.64. The molecule has 3 atom stereocenters. The van der Waals surface area contributed by atoms with Gasteiger partial charge < -0.3 is 11.5 Å². The van der Waals surface area contributed by atoms with Crippen LogP contribution >= 0.6 is 0 Å². The fraction of sp³-hybridized carbons (Fsp3) is 0.263. The Morgan fingerprint density at radius 2 is 1.27 bits per heavy atom. The first-order chi connectivity index (χ1) is 25.7. The van der Waals surface area contributed by atoms with Crippen LogP contribution in [0.5, 0.6) is 0 Å². The Morgan fingerprint density at radius 1 is 0.750 bits per heavy atom. The molecular formula is C38H38N2. The molecule has 0 aromatic heterocycles. The minimum absolute atomic E-state index is 0.438. The number of hydrogen-bond acceptors (Lipinski definition) is 2. The lowest BCUT2D eigenvalue weighted by atomic mass is 9.62. The van der Waals surface area contributed by atoms with Gasteiger partial charge in [-0.15, -0.1) is 0 Å². The second-order valence-electron chi connectivity index (χ2n) is 10.8. The quantitative estimate of drug-likeness (QED) is 0.256. The van der Waals surface area contributed by atoms with Crippen LogP contribution in [-0.2, 0) is 16.4 Å². The molecule has 4 N–H and O–H groups in total. The van der Waals surface area contributed by atoms with E-state index in [0.717, 1.165) is 34.7 Å². The minimum atomic E-state index is -4.06. The lowest BCUT2D eigenvalue weighted by Crippen LogP contribution is -2.53. The first-order valence-corrected chi connectivity index (χ1v) is 13.1. The highest BCUT2D eigenvalue weighted by molar-refractivity contribution is 6.08. The Balaban J connectivity index is 1.63. The van der Waals surface area contributed by atoms with Crippen molar-refractivity contribution in [1.82, 2.24) is 0 Å². The number of fused-ring (bicyclic) bond motifs is 8. The third-order valence-corrected chi connectivity index (χ3v) is 8.20. The van der Waals surface area contributed by atoms with E-state index in [9.17, 15) is 4.11 Å². The molecule has 3 unspecified atom stereocenters. The Labute approximate surface area is 260 Å². The summed E-state index contributed by atoms with van der Waals surface area (Å²) in [6.07, 6.45) is -4.87. The van der Waals surface area contributed by atoms with Crippen LogP contribution in [0, 0.1) is 0 Å². The maximum absolute atomic E-state index is 9.72. The summed E-state index contributed by atoms with van der Waals surface area (Å²) in [7, 11) is 0. The van der Waals surface area contributed by atoms with Gasteiger partial charge in [-0.05, 0) is 84.8 Å². The van der Waals surface area contributed by atoms with Crippen molar-refractivity contribution in [3.05, 3.63) is 131 Å². The average Bonchev–Trinajstić information content (AvgIpc) is 3.09. The zero-order valence-electron chi connectivity index (χ0n) is 37.8. The molecule has 2 heteroatoms. The van der Waals surface area contributed by atoms with Gasteiger partial charge in [-0.2, -0.15) is 0 Å². The first kappa shape index (κ1) is 13.3. The van der Waals surface area contributed by atoms with Crippen LogP contribution in [0.1, 0.15) is 90.0 Å². The monoisotopic (exact) mass is 538 g/mol. The van der Waals surface area contributed by atoms with Crippen LogP contribution in [-0.4, -0.2) is 6.04 Å². The Morgan fingerprint density at radius 3 is 1.90 bits per heavy atom. The predicted molar refractivity (Wildman–Crippen MR) is 169 cm³/mol. The Hall–Kier alpha value is -3.72. The fourth-order valence-corrected chi connectivity index (χ4v) is 6.09. The second-order valence-corrected chi connectivity index (χ2v) is 10.8. The van der Waals surface area contributed by atoms with Crippen LogP contribution in [0.2, 0.25) is 0 Å². The molecule has 0 aliphatic heterocycles. The van der Waals surface area contributed by atoms with Crippen LogP contribution in [0.15, 0.2) is 103 Å². The molecule has 0 heterocycles. The lowest BCUT2D eigenvalue weighted by Gasteiger charge is -2.44. The van der Waals surface area contributed by atoms with Gasteiger partial charge >= 0.3 is 0 Å². The summed E-state index contributed by atoms with van der Waals surface area (Å²) in [6, 6.07) is 18.2. The minimum Gasteiger partial charge on any atom is -0.322 e. The van der Waals surface area contributed by atoms with E-state index in [-0.39, 0.29) is 0 Å². The molecule has 0 saturated carbocycles. The zero-order valence-corrected chi connectivity index (χ0v) is 21.8. The van der Waals surface area contributed by atoms with E-state index in [2.05, 4.69) is 0 Å². The summed E-state index contributed by atoms with van der Waals surface area (Å²) >= 11 is 0. The highest BCUT2D eigenvalue weighted by atomic mass is 14.9. The number of benzene rings is 4. The largest absolute Gasteiger partial charge is 0.322 e. The molecule has 0 bridgehead atoms. The van der Waals surface area contributed by atoms with Crippen molar-refractivity contribution in [1.29, 1.82) is 0 Å². The topological polar surface area (TPSA) is 52.0 Å². The molecule has 7 rings (SSSR count). The molecule has 0 fully saturated rings. The molecule has 3 aliphatic rings. The van der Waals surface area contributed by atoms with E-state index < -0.39 is 90.5 Å². The van der Waals surface area contributed by atoms with E-state index in [1.807, 2.05) is 66.7 Å². The van der Waals surface area contributed by atoms with E-state index >= 15 is 0 Å². The Kier molecular flexibility index (Phi) is 2.87. The zero-order chi connectivity index (χ0) is 41.6. The summed E-state index contributed by atoms with van der Waals surface area (Å²) in [5.74, 6) is 0. The molecule has 0 radical (unpaired) electrons. The van der Waals surface area contributed by atoms with Crippen LogP contribution < -0.4 is 11.5 Å². The van der Waals surface area contributed by atoms with Crippen LogP contribution in [0.25, 0.3) is 33.4 Å². The van der Waals surface area contributed by atoms with Gasteiger partial charge in [-0.3, -0.25) is 0 Å². The van der Waals surface area contributed by atoms with Gasteiger partial charge in [0.2, 0.25) is 0 Å². The molecule has 40 heavy (non-hydrogen) atoms. The van der Waals surface area contributed by atoms with Crippen molar-refractivity contribution in [2.24, 2.45) is 11.5 Å². The van der Waals surface area contributed by atoms with Gasteiger partial charge in [0.1, 0.15) is 0 Å². The number of allylic oxidation sites excluding steroid dienone is 2. The van der Waals surface area contributed by atoms with Crippen molar-refractivity contribution < 1.29 is 21.9 Å². The highest BCUT2D eigenvalue weighted by Crippen LogP contribution is 2.51. The molecule has 0 saturated heterocycles. The third kappa shape index (κ3) is 3.56. The molecule has 4 aromatic rings. The van der Waals surface area contributed by atoms with Gasteiger partial charge in [-0.25, -0.2) is 0 Å². The van der Waals surface area contributed by atoms with Crippen molar-refractivity contribution in [3.63, 3.8) is 0 Å². The van der Waals surface area contributed by atoms with E-state index in [0.29, 0.717) is 16.7 Å². The molecule has 3 aliphatic carbocycles. The van der Waals surface area contributed by atoms with Gasteiger partial charge in [0, 0.05) is 17.8 Å². The van der Waals surface area contributed by atoms with E-state index in [1.165, 1.54) is 6.08 Å². The summed E-state index contributed by atoms with van der Waals surface area (Å²) in [4.78, 5) is 0. The van der Waals surface area contributed by atoms with Crippen molar-refractivity contribution in [3.8, 4) is 22.3 Å². The summed E-state index contributed by atoms with van der Waals surface area (Å²) < 4.78 is 142. The van der Waals surface area contributed by atoms with Crippen LogP contribution in [0.4, 0.5) is 0 Å². The first-order valence-electron chi connectivity index (χ1n) is 21.1. The molecule has 2 nitrogen and oxygen atoms in total.